The maximum Gasteiger partial charge on any atom is 0.255 e. The molecule has 7 heteroatoms. The van der Waals surface area contributed by atoms with Crippen molar-refractivity contribution in [2.24, 2.45) is 0 Å². The Labute approximate surface area is 167 Å². The van der Waals surface area contributed by atoms with Crippen LogP contribution in [0.3, 0.4) is 0 Å². The number of hydrogen-bond donors (Lipinski definition) is 2. The second kappa shape index (κ2) is 10.1. The molecule has 0 atom stereocenters. The summed E-state index contributed by atoms with van der Waals surface area (Å²) in [7, 11) is 1.60. The summed E-state index contributed by atoms with van der Waals surface area (Å²) in [5.41, 5.74) is 1.32. The van der Waals surface area contributed by atoms with Crippen LogP contribution in [0.5, 0.6) is 5.75 Å². The van der Waals surface area contributed by atoms with Gasteiger partial charge in [-0.1, -0.05) is 12.1 Å². The van der Waals surface area contributed by atoms with Crippen molar-refractivity contribution in [3.05, 3.63) is 58.1 Å². The smallest absolute Gasteiger partial charge is 0.255 e. The number of halogens is 1. The van der Waals surface area contributed by atoms with Gasteiger partial charge in [0, 0.05) is 18.7 Å². The minimum absolute atomic E-state index is 0.00265. The van der Waals surface area contributed by atoms with Crippen molar-refractivity contribution in [3.8, 4) is 5.75 Å². The van der Waals surface area contributed by atoms with Gasteiger partial charge in [-0.15, -0.1) is 0 Å². The molecule has 6 nitrogen and oxygen atoms in total. The monoisotopic (exact) mass is 434 g/mol. The predicted octanol–water partition coefficient (Wildman–Crippen LogP) is 3.86. The molecule has 0 aliphatic rings. The summed E-state index contributed by atoms with van der Waals surface area (Å²) in [6.45, 7) is 4.66. The third kappa shape index (κ3) is 6.08. The first-order valence-corrected chi connectivity index (χ1v) is 9.34. The summed E-state index contributed by atoms with van der Waals surface area (Å²) in [6.07, 6.45) is 0. The maximum absolute atomic E-state index is 12.6. The molecular weight excluding hydrogens is 412 g/mol. The molecule has 2 N–H and O–H groups in total. The number of rotatable bonds is 8. The van der Waals surface area contributed by atoms with Crippen molar-refractivity contribution < 1.29 is 19.1 Å². The van der Waals surface area contributed by atoms with E-state index in [1.54, 1.807) is 49.6 Å². The molecular formula is C20H23BrN2O4. The van der Waals surface area contributed by atoms with E-state index < -0.39 is 0 Å². The molecule has 0 bridgehead atoms. The summed E-state index contributed by atoms with van der Waals surface area (Å²) >= 11 is 3.41. The Kier molecular flexibility index (Phi) is 7.82. The predicted molar refractivity (Wildman–Crippen MR) is 109 cm³/mol. The van der Waals surface area contributed by atoms with Crippen LogP contribution in [-0.2, 0) is 4.74 Å². The average molecular weight is 435 g/mol. The van der Waals surface area contributed by atoms with Gasteiger partial charge >= 0.3 is 0 Å². The number of para-hydroxylation sites is 1. The van der Waals surface area contributed by atoms with E-state index in [0.29, 0.717) is 40.3 Å². The molecule has 2 aromatic rings. The van der Waals surface area contributed by atoms with Gasteiger partial charge in [0.15, 0.2) is 0 Å². The summed E-state index contributed by atoms with van der Waals surface area (Å²) in [4.78, 5) is 24.9. The van der Waals surface area contributed by atoms with Gasteiger partial charge in [-0.25, -0.2) is 0 Å². The molecule has 144 valence electrons. The fourth-order valence-corrected chi connectivity index (χ4v) is 2.81. The van der Waals surface area contributed by atoms with E-state index in [2.05, 4.69) is 26.6 Å². The lowest BCUT2D eigenvalue weighted by Gasteiger charge is -2.14. The molecule has 0 spiro atoms. The number of carbonyl (C=O) groups excluding carboxylic acids is 2. The SMILES string of the molecule is COCCOc1ccc(C(=O)Nc2ccccc2C(=O)NC(C)C)cc1Br. The van der Waals surface area contributed by atoms with Crippen molar-refractivity contribution in [1.29, 1.82) is 0 Å². The van der Waals surface area contributed by atoms with Gasteiger partial charge in [0.2, 0.25) is 0 Å². The zero-order valence-electron chi connectivity index (χ0n) is 15.5. The molecule has 0 aliphatic heterocycles. The Morgan fingerprint density at radius 1 is 1.07 bits per heavy atom. The van der Waals surface area contributed by atoms with Gasteiger partial charge in [0.05, 0.1) is 22.3 Å². The molecule has 0 aliphatic carbocycles. The van der Waals surface area contributed by atoms with Gasteiger partial charge in [-0.2, -0.15) is 0 Å². The van der Waals surface area contributed by atoms with E-state index >= 15 is 0 Å². The molecule has 0 unspecified atom stereocenters. The van der Waals surface area contributed by atoms with E-state index in [-0.39, 0.29) is 17.9 Å². The van der Waals surface area contributed by atoms with Gasteiger partial charge in [-0.05, 0) is 60.1 Å². The van der Waals surface area contributed by atoms with Crippen LogP contribution in [0.25, 0.3) is 0 Å². The highest BCUT2D eigenvalue weighted by Crippen LogP contribution is 2.26. The number of ether oxygens (including phenoxy) is 2. The second-order valence-electron chi connectivity index (χ2n) is 6.11. The molecule has 27 heavy (non-hydrogen) atoms. The van der Waals surface area contributed by atoms with Crippen molar-refractivity contribution in [3.63, 3.8) is 0 Å². The lowest BCUT2D eigenvalue weighted by atomic mass is 10.1. The van der Waals surface area contributed by atoms with E-state index in [0.717, 1.165) is 0 Å². The van der Waals surface area contributed by atoms with Crippen molar-refractivity contribution in [1.82, 2.24) is 5.32 Å². The molecule has 2 aromatic carbocycles. The van der Waals surface area contributed by atoms with E-state index in [1.165, 1.54) is 0 Å². The third-order valence-corrected chi connectivity index (χ3v) is 4.20. The maximum atomic E-state index is 12.6. The molecule has 0 radical (unpaired) electrons. The molecule has 0 saturated heterocycles. The Bertz CT molecular complexity index is 808. The number of amides is 2. The van der Waals surface area contributed by atoms with Gasteiger partial charge < -0.3 is 20.1 Å². The number of benzene rings is 2. The van der Waals surface area contributed by atoms with E-state index in [1.807, 2.05) is 13.8 Å². The summed E-state index contributed by atoms with van der Waals surface area (Å²) < 4.78 is 11.2. The quantitative estimate of drug-likeness (QED) is 0.618. The van der Waals surface area contributed by atoms with E-state index in [4.69, 9.17) is 9.47 Å². The molecule has 0 heterocycles. The minimum atomic E-state index is -0.316. The summed E-state index contributed by atoms with van der Waals surface area (Å²) in [5.74, 6) is 0.0771. The average Bonchev–Trinajstić information content (AvgIpc) is 2.63. The highest BCUT2D eigenvalue weighted by Gasteiger charge is 2.15. The van der Waals surface area contributed by atoms with Gasteiger partial charge in [0.1, 0.15) is 12.4 Å². The van der Waals surface area contributed by atoms with E-state index in [9.17, 15) is 9.59 Å². The van der Waals surface area contributed by atoms with Crippen molar-refractivity contribution in [2.45, 2.75) is 19.9 Å². The van der Waals surface area contributed by atoms with Crippen LogP contribution in [-0.4, -0.2) is 38.2 Å². The molecule has 0 saturated carbocycles. The fourth-order valence-electron chi connectivity index (χ4n) is 2.32. The standard InChI is InChI=1S/C20H23BrN2O4/c1-13(2)22-20(25)15-6-4-5-7-17(15)23-19(24)14-8-9-18(16(21)12-14)27-11-10-26-3/h4-9,12-13H,10-11H2,1-3H3,(H,22,25)(H,23,24). The van der Waals surface area contributed by atoms with Gasteiger partial charge in [-0.3, -0.25) is 9.59 Å². The number of anilines is 1. The van der Waals surface area contributed by atoms with Crippen LogP contribution in [0.15, 0.2) is 46.9 Å². The number of nitrogens with one attached hydrogen (secondary N) is 2. The third-order valence-electron chi connectivity index (χ3n) is 3.58. The highest BCUT2D eigenvalue weighted by atomic mass is 79.9. The molecule has 0 aromatic heterocycles. The normalized spacial score (nSPS) is 10.6. The zero-order valence-corrected chi connectivity index (χ0v) is 17.1. The van der Waals surface area contributed by atoms with Crippen LogP contribution in [0.1, 0.15) is 34.6 Å². The number of carbonyl (C=O) groups is 2. The Morgan fingerprint density at radius 2 is 1.81 bits per heavy atom. The Morgan fingerprint density at radius 3 is 2.48 bits per heavy atom. The molecule has 2 amide bonds. The highest BCUT2D eigenvalue weighted by molar-refractivity contribution is 9.10. The van der Waals surface area contributed by atoms with Crippen LogP contribution in [0, 0.1) is 0 Å². The molecule has 0 fully saturated rings. The fraction of sp³-hybridized carbons (Fsp3) is 0.300. The largest absolute Gasteiger partial charge is 0.490 e. The van der Waals surface area contributed by atoms with Crippen LogP contribution < -0.4 is 15.4 Å². The Hall–Kier alpha value is -2.38. The number of hydrogen-bond acceptors (Lipinski definition) is 4. The minimum Gasteiger partial charge on any atom is -0.490 e. The summed E-state index contributed by atoms with van der Waals surface area (Å²) in [5, 5.41) is 5.63. The van der Waals surface area contributed by atoms with Crippen LogP contribution >= 0.6 is 15.9 Å². The lowest BCUT2D eigenvalue weighted by molar-refractivity contribution is 0.0944. The Balaban J connectivity index is 2.14. The topological polar surface area (TPSA) is 76.7 Å². The molecule has 2 rings (SSSR count). The zero-order chi connectivity index (χ0) is 19.8. The van der Waals surface area contributed by atoms with Crippen LogP contribution in [0.4, 0.5) is 5.69 Å². The van der Waals surface area contributed by atoms with Crippen LogP contribution in [0.2, 0.25) is 0 Å². The summed E-state index contributed by atoms with van der Waals surface area (Å²) in [6, 6.07) is 12.0. The number of methoxy groups -OCH3 is 1. The first kappa shape index (κ1) is 20.9. The van der Waals surface area contributed by atoms with Crippen molar-refractivity contribution in [2.75, 3.05) is 25.6 Å². The first-order chi connectivity index (χ1) is 12.9. The first-order valence-electron chi connectivity index (χ1n) is 8.55. The lowest BCUT2D eigenvalue weighted by Crippen LogP contribution is -2.31. The van der Waals surface area contributed by atoms with Gasteiger partial charge in [0.25, 0.3) is 11.8 Å². The second-order valence-corrected chi connectivity index (χ2v) is 6.97. The van der Waals surface area contributed by atoms with Crippen molar-refractivity contribution >= 4 is 33.4 Å².